The molecule has 1 aliphatic heterocycles. The Morgan fingerprint density at radius 1 is 1.03 bits per heavy atom. The highest BCUT2D eigenvalue weighted by atomic mass is 16.5. The maximum absolute atomic E-state index is 12.7. The molecule has 7 heteroatoms. The highest BCUT2D eigenvalue weighted by molar-refractivity contribution is 5.96. The zero-order valence-corrected chi connectivity index (χ0v) is 18.0. The second-order valence-corrected chi connectivity index (χ2v) is 7.88. The highest BCUT2D eigenvalue weighted by Gasteiger charge is 2.18. The van der Waals surface area contributed by atoms with Crippen molar-refractivity contribution in [1.82, 2.24) is 25.2 Å². The Morgan fingerprint density at radius 3 is 2.47 bits per heavy atom. The van der Waals surface area contributed by atoms with Crippen LogP contribution in [0.15, 0.2) is 60.9 Å². The molecule has 0 spiro atoms. The maximum atomic E-state index is 12.7. The summed E-state index contributed by atoms with van der Waals surface area (Å²) in [7, 11) is 1.94. The lowest BCUT2D eigenvalue weighted by molar-refractivity contribution is 0.0303. The van der Waals surface area contributed by atoms with E-state index in [1.165, 1.54) is 5.56 Å². The quantitative estimate of drug-likeness (QED) is 0.510. The number of morpholine rings is 1. The molecule has 0 bridgehead atoms. The molecule has 4 aromatic rings. The average Bonchev–Trinajstić information content (AvgIpc) is 3.30. The van der Waals surface area contributed by atoms with Crippen LogP contribution in [0.2, 0.25) is 0 Å². The average molecular weight is 428 g/mol. The second kappa shape index (κ2) is 8.90. The normalized spacial score (nSPS) is 14.1. The number of rotatable bonds is 5. The van der Waals surface area contributed by atoms with Crippen LogP contribution >= 0.6 is 0 Å². The summed E-state index contributed by atoms with van der Waals surface area (Å²) in [5.74, 6) is 0.0476. The molecule has 3 heterocycles. The van der Waals surface area contributed by atoms with Crippen molar-refractivity contribution in [3.63, 3.8) is 0 Å². The van der Waals surface area contributed by atoms with Gasteiger partial charge in [0.1, 0.15) is 12.0 Å². The van der Waals surface area contributed by atoms with Crippen molar-refractivity contribution in [3.8, 4) is 22.5 Å². The number of hydrogen-bond acceptors (Lipinski definition) is 5. The number of carbonyl (C=O) groups excluding carboxylic acids is 1. The second-order valence-electron chi connectivity index (χ2n) is 7.88. The Labute approximate surface area is 186 Å². The Bertz CT molecular complexity index is 1230. The van der Waals surface area contributed by atoms with Crippen LogP contribution in [0.4, 0.5) is 0 Å². The van der Waals surface area contributed by atoms with Gasteiger partial charge < -0.3 is 19.9 Å². The zero-order valence-electron chi connectivity index (χ0n) is 18.0. The van der Waals surface area contributed by atoms with E-state index < -0.39 is 0 Å². The number of carbonyl (C=O) groups is 1. The topological polar surface area (TPSA) is 83.1 Å². The fourth-order valence-electron chi connectivity index (χ4n) is 4.05. The van der Waals surface area contributed by atoms with Crippen LogP contribution in [0.5, 0.6) is 0 Å². The molecule has 2 N–H and O–H groups in total. The van der Waals surface area contributed by atoms with Crippen molar-refractivity contribution in [2.45, 2.75) is 6.54 Å². The van der Waals surface area contributed by atoms with Crippen molar-refractivity contribution in [1.29, 1.82) is 0 Å². The van der Waals surface area contributed by atoms with E-state index in [0.29, 0.717) is 31.9 Å². The third-order valence-corrected chi connectivity index (χ3v) is 5.78. The van der Waals surface area contributed by atoms with Crippen LogP contribution in [-0.2, 0) is 11.3 Å². The largest absolute Gasteiger partial charge is 0.378 e. The molecule has 1 aliphatic rings. The zero-order chi connectivity index (χ0) is 21.9. The SMILES string of the molecule is CNCc1ccc(-c2ncnc3[nH]c(-c4ccc(C(=O)N5CCOCC5)cc4)cc23)cc1. The van der Waals surface area contributed by atoms with Gasteiger partial charge in [0.15, 0.2) is 0 Å². The first-order valence-electron chi connectivity index (χ1n) is 10.8. The molecule has 0 saturated carbocycles. The van der Waals surface area contributed by atoms with Crippen molar-refractivity contribution >= 4 is 16.9 Å². The van der Waals surface area contributed by atoms with Crippen LogP contribution in [0.1, 0.15) is 15.9 Å². The molecule has 32 heavy (non-hydrogen) atoms. The van der Waals surface area contributed by atoms with Crippen LogP contribution in [-0.4, -0.2) is 59.1 Å². The van der Waals surface area contributed by atoms with E-state index in [-0.39, 0.29) is 5.91 Å². The van der Waals surface area contributed by atoms with Gasteiger partial charge in [0.05, 0.1) is 18.9 Å². The van der Waals surface area contributed by atoms with Crippen LogP contribution in [0.25, 0.3) is 33.5 Å². The van der Waals surface area contributed by atoms with Gasteiger partial charge in [-0.1, -0.05) is 36.4 Å². The summed E-state index contributed by atoms with van der Waals surface area (Å²) in [6, 6.07) is 18.2. The molecule has 0 atom stereocenters. The van der Waals surface area contributed by atoms with Crippen LogP contribution < -0.4 is 5.32 Å². The Balaban J connectivity index is 1.42. The molecule has 1 fully saturated rings. The number of aromatic amines is 1. The summed E-state index contributed by atoms with van der Waals surface area (Å²) in [5.41, 5.74) is 6.59. The third kappa shape index (κ3) is 4.00. The lowest BCUT2D eigenvalue weighted by atomic mass is 10.1. The van der Waals surface area contributed by atoms with Gasteiger partial charge in [0.25, 0.3) is 5.91 Å². The molecule has 2 aromatic heterocycles. The molecule has 5 rings (SSSR count). The van der Waals surface area contributed by atoms with Crippen LogP contribution in [0, 0.1) is 0 Å². The monoisotopic (exact) mass is 427 g/mol. The predicted molar refractivity (Wildman–Crippen MR) is 124 cm³/mol. The van der Waals surface area contributed by atoms with Crippen molar-refractivity contribution in [2.24, 2.45) is 0 Å². The van der Waals surface area contributed by atoms with Gasteiger partial charge in [-0.15, -0.1) is 0 Å². The first-order valence-corrected chi connectivity index (χ1v) is 10.8. The minimum atomic E-state index is 0.0476. The van der Waals surface area contributed by atoms with Gasteiger partial charge in [-0.3, -0.25) is 4.79 Å². The van der Waals surface area contributed by atoms with E-state index in [0.717, 1.165) is 40.1 Å². The maximum Gasteiger partial charge on any atom is 0.254 e. The van der Waals surface area contributed by atoms with E-state index in [9.17, 15) is 4.79 Å². The number of nitrogens with one attached hydrogen (secondary N) is 2. The van der Waals surface area contributed by atoms with Crippen molar-refractivity contribution in [3.05, 3.63) is 72.1 Å². The molecule has 1 amide bonds. The van der Waals surface area contributed by atoms with Gasteiger partial charge in [0.2, 0.25) is 0 Å². The first kappa shape index (κ1) is 20.4. The van der Waals surface area contributed by atoms with Crippen LogP contribution in [0.3, 0.4) is 0 Å². The number of amides is 1. The number of benzene rings is 2. The standard InChI is InChI=1S/C25H25N5O2/c1-26-15-17-2-4-19(5-3-17)23-21-14-22(29-24(21)28-16-27-23)18-6-8-20(9-7-18)25(31)30-10-12-32-13-11-30/h2-9,14,16,26H,10-13,15H2,1H3,(H,27,28,29). The summed E-state index contributed by atoms with van der Waals surface area (Å²) in [5, 5.41) is 4.13. The molecule has 162 valence electrons. The molecule has 1 saturated heterocycles. The van der Waals surface area contributed by atoms with Crippen molar-refractivity contribution in [2.75, 3.05) is 33.4 Å². The van der Waals surface area contributed by atoms with Gasteiger partial charge >= 0.3 is 0 Å². The predicted octanol–water partition coefficient (Wildman–Crippen LogP) is 3.48. The summed E-state index contributed by atoms with van der Waals surface area (Å²) in [4.78, 5) is 26.9. The summed E-state index contributed by atoms with van der Waals surface area (Å²) >= 11 is 0. The highest BCUT2D eigenvalue weighted by Crippen LogP contribution is 2.30. The molecular formula is C25H25N5O2. The molecule has 7 nitrogen and oxygen atoms in total. The lowest BCUT2D eigenvalue weighted by Crippen LogP contribution is -2.40. The molecular weight excluding hydrogens is 402 g/mol. The van der Waals surface area contributed by atoms with Gasteiger partial charge in [-0.2, -0.15) is 0 Å². The van der Waals surface area contributed by atoms with E-state index in [2.05, 4.69) is 50.6 Å². The fourth-order valence-corrected chi connectivity index (χ4v) is 4.05. The third-order valence-electron chi connectivity index (χ3n) is 5.78. The number of aromatic nitrogens is 3. The lowest BCUT2D eigenvalue weighted by Gasteiger charge is -2.26. The van der Waals surface area contributed by atoms with E-state index >= 15 is 0 Å². The number of nitrogens with zero attached hydrogens (tertiary/aromatic N) is 3. The van der Waals surface area contributed by atoms with Gasteiger partial charge in [0, 0.05) is 41.8 Å². The van der Waals surface area contributed by atoms with E-state index in [4.69, 9.17) is 4.74 Å². The summed E-state index contributed by atoms with van der Waals surface area (Å²) < 4.78 is 5.34. The summed E-state index contributed by atoms with van der Waals surface area (Å²) in [6.45, 7) is 3.30. The minimum Gasteiger partial charge on any atom is -0.378 e. The van der Waals surface area contributed by atoms with Gasteiger partial charge in [-0.25, -0.2) is 9.97 Å². The number of H-pyrrole nitrogens is 1. The number of ether oxygens (including phenoxy) is 1. The minimum absolute atomic E-state index is 0.0476. The van der Waals surface area contributed by atoms with E-state index in [1.54, 1.807) is 6.33 Å². The Hall–Kier alpha value is -3.55. The Kier molecular flexibility index (Phi) is 5.66. The number of fused-ring (bicyclic) bond motifs is 1. The summed E-state index contributed by atoms with van der Waals surface area (Å²) in [6.07, 6.45) is 1.59. The van der Waals surface area contributed by atoms with Crippen molar-refractivity contribution < 1.29 is 9.53 Å². The molecule has 0 aliphatic carbocycles. The van der Waals surface area contributed by atoms with Gasteiger partial charge in [-0.05, 0) is 36.4 Å². The Morgan fingerprint density at radius 2 is 1.75 bits per heavy atom. The smallest absolute Gasteiger partial charge is 0.254 e. The number of hydrogen-bond donors (Lipinski definition) is 2. The molecule has 0 unspecified atom stereocenters. The van der Waals surface area contributed by atoms with E-state index in [1.807, 2.05) is 36.2 Å². The first-order chi connectivity index (χ1) is 15.7. The fraction of sp³-hybridized carbons (Fsp3) is 0.240. The molecule has 2 aromatic carbocycles. The molecule has 0 radical (unpaired) electrons.